The van der Waals surface area contributed by atoms with Crippen LogP contribution in [0.1, 0.15) is 23.7 Å². The lowest BCUT2D eigenvalue weighted by Gasteiger charge is -2.23. The number of halogens is 2. The number of nitrogens with one attached hydrogen (secondary N) is 1. The highest BCUT2D eigenvalue weighted by Crippen LogP contribution is 2.17. The van der Waals surface area contributed by atoms with E-state index in [0.29, 0.717) is 12.2 Å². The van der Waals surface area contributed by atoms with Gasteiger partial charge in [-0.3, -0.25) is 9.69 Å². The molecule has 1 aromatic carbocycles. The van der Waals surface area contributed by atoms with Crippen LogP contribution in [-0.2, 0) is 0 Å². The van der Waals surface area contributed by atoms with E-state index in [-0.39, 0.29) is 11.7 Å². The van der Waals surface area contributed by atoms with Gasteiger partial charge in [-0.05, 0) is 44.2 Å². The number of carbonyl (C=O) groups excluding carboxylic acids is 1. The molecular weight excluding hydrogens is 366 g/mol. The van der Waals surface area contributed by atoms with E-state index < -0.39 is 17.5 Å². The fourth-order valence-corrected chi connectivity index (χ4v) is 3.29. The number of hydrogen-bond acceptors (Lipinski definition) is 5. The fourth-order valence-electron chi connectivity index (χ4n) is 3.29. The van der Waals surface area contributed by atoms with E-state index in [1.165, 1.54) is 6.20 Å². The molecular formula is C20H24F2N4O2. The number of amides is 1. The second-order valence-electron chi connectivity index (χ2n) is 7.01. The van der Waals surface area contributed by atoms with E-state index in [1.807, 2.05) is 6.07 Å². The number of hydrogen-bond donors (Lipinski definition) is 2. The zero-order valence-corrected chi connectivity index (χ0v) is 15.7. The Hall–Kier alpha value is -2.58. The van der Waals surface area contributed by atoms with Crippen LogP contribution in [0.5, 0.6) is 0 Å². The molecule has 3 rings (SSSR count). The lowest BCUT2D eigenvalue weighted by molar-refractivity contribution is 0.102. The molecule has 6 nitrogen and oxygen atoms in total. The Balaban J connectivity index is 1.61. The number of carbonyl (C=O) groups is 1. The lowest BCUT2D eigenvalue weighted by Crippen LogP contribution is -2.35. The maximum atomic E-state index is 13.3. The minimum atomic E-state index is -0.801. The van der Waals surface area contributed by atoms with E-state index in [4.69, 9.17) is 0 Å². The summed E-state index contributed by atoms with van der Waals surface area (Å²) in [5.41, 5.74) is 0.358. The van der Waals surface area contributed by atoms with E-state index in [1.54, 1.807) is 13.0 Å². The molecule has 0 saturated carbocycles. The van der Waals surface area contributed by atoms with Gasteiger partial charge < -0.3 is 15.3 Å². The van der Waals surface area contributed by atoms with Gasteiger partial charge in [0.15, 0.2) is 0 Å². The summed E-state index contributed by atoms with van der Waals surface area (Å²) in [5.74, 6) is -1.40. The van der Waals surface area contributed by atoms with E-state index in [9.17, 15) is 18.7 Å². The Morgan fingerprint density at radius 1 is 1.18 bits per heavy atom. The first-order chi connectivity index (χ1) is 13.4. The van der Waals surface area contributed by atoms with Crippen LogP contribution in [0.15, 0.2) is 36.5 Å². The molecule has 0 radical (unpaired) electrons. The summed E-state index contributed by atoms with van der Waals surface area (Å²) in [4.78, 5) is 21.0. The first-order valence-corrected chi connectivity index (χ1v) is 9.29. The molecule has 28 heavy (non-hydrogen) atoms. The van der Waals surface area contributed by atoms with Crippen molar-refractivity contribution in [2.24, 2.45) is 0 Å². The van der Waals surface area contributed by atoms with Gasteiger partial charge in [0.2, 0.25) is 0 Å². The van der Waals surface area contributed by atoms with Gasteiger partial charge in [-0.1, -0.05) is 0 Å². The number of aromatic nitrogens is 1. The van der Waals surface area contributed by atoms with Crippen LogP contribution in [0.25, 0.3) is 0 Å². The van der Waals surface area contributed by atoms with Crippen LogP contribution < -0.4 is 10.2 Å². The van der Waals surface area contributed by atoms with Crippen LogP contribution in [-0.4, -0.2) is 59.7 Å². The molecule has 1 aliphatic rings. The van der Waals surface area contributed by atoms with Crippen molar-refractivity contribution in [1.82, 2.24) is 9.88 Å². The fraction of sp³-hybridized carbons (Fsp3) is 0.400. The van der Waals surface area contributed by atoms with Crippen molar-refractivity contribution in [1.29, 1.82) is 0 Å². The summed E-state index contributed by atoms with van der Waals surface area (Å²) in [6.45, 7) is 5.88. The molecule has 2 heterocycles. The normalized spacial score (nSPS) is 16.5. The van der Waals surface area contributed by atoms with Crippen LogP contribution in [0.4, 0.5) is 20.3 Å². The Morgan fingerprint density at radius 3 is 2.57 bits per heavy atom. The maximum Gasteiger partial charge on any atom is 0.255 e. The van der Waals surface area contributed by atoms with E-state index in [2.05, 4.69) is 20.1 Å². The largest absolute Gasteiger partial charge is 0.392 e. The molecule has 0 aliphatic carbocycles. The van der Waals surface area contributed by atoms with E-state index in [0.717, 1.165) is 56.6 Å². The van der Waals surface area contributed by atoms with Gasteiger partial charge in [0.25, 0.3) is 5.91 Å². The first kappa shape index (κ1) is 20.2. The van der Waals surface area contributed by atoms with Crippen molar-refractivity contribution in [3.63, 3.8) is 0 Å². The van der Waals surface area contributed by atoms with Gasteiger partial charge in [-0.25, -0.2) is 13.8 Å². The molecule has 1 aromatic heterocycles. The first-order valence-electron chi connectivity index (χ1n) is 9.29. The average molecular weight is 390 g/mol. The summed E-state index contributed by atoms with van der Waals surface area (Å²) < 4.78 is 26.5. The Morgan fingerprint density at radius 2 is 1.93 bits per heavy atom. The zero-order valence-electron chi connectivity index (χ0n) is 15.7. The molecule has 2 N–H and O–H groups in total. The average Bonchev–Trinajstić information content (AvgIpc) is 2.86. The molecule has 150 valence electrons. The molecule has 2 aromatic rings. The molecule has 0 bridgehead atoms. The summed E-state index contributed by atoms with van der Waals surface area (Å²) in [6, 6.07) is 6.21. The number of nitrogens with zero attached hydrogens (tertiary/aromatic N) is 3. The molecule has 1 atom stereocenters. The summed E-state index contributed by atoms with van der Waals surface area (Å²) in [7, 11) is 0. The minimum absolute atomic E-state index is 0.0905. The Bertz CT molecular complexity index is 794. The van der Waals surface area contributed by atoms with Crippen LogP contribution in [0, 0.1) is 11.6 Å². The Kier molecular flexibility index (Phi) is 6.53. The third kappa shape index (κ3) is 5.46. The van der Waals surface area contributed by atoms with Gasteiger partial charge in [-0.2, -0.15) is 0 Å². The monoisotopic (exact) mass is 390 g/mol. The Labute approximate surface area is 162 Å². The summed E-state index contributed by atoms with van der Waals surface area (Å²) >= 11 is 0. The van der Waals surface area contributed by atoms with Crippen molar-refractivity contribution in [3.05, 3.63) is 53.7 Å². The molecule has 0 unspecified atom stereocenters. The number of β-amino-alcohol motifs (C(OH)–C–C–N with tert-alkyl or cyclic N) is 1. The quantitative estimate of drug-likeness (QED) is 0.821. The number of benzene rings is 1. The molecule has 1 fully saturated rings. The van der Waals surface area contributed by atoms with Crippen molar-refractivity contribution >= 4 is 17.4 Å². The van der Waals surface area contributed by atoms with Crippen LogP contribution in [0.2, 0.25) is 0 Å². The summed E-state index contributed by atoms with van der Waals surface area (Å²) in [6.07, 6.45) is 2.15. The van der Waals surface area contributed by atoms with Crippen molar-refractivity contribution < 1.29 is 18.7 Å². The van der Waals surface area contributed by atoms with Crippen molar-refractivity contribution in [2.45, 2.75) is 19.4 Å². The zero-order chi connectivity index (χ0) is 20.1. The standard InChI is InChI=1S/C20H24F2N4O2/c1-14(27)13-25-5-2-6-26(8-7-25)19-4-3-18(12-23-19)24-20(28)15-9-16(21)11-17(22)10-15/h3-4,9-12,14,27H,2,5-8,13H2,1H3,(H,24,28)/t14-/m1/s1. The molecule has 1 aliphatic heterocycles. The highest BCUT2D eigenvalue weighted by molar-refractivity contribution is 6.04. The predicted octanol–water partition coefficient (Wildman–Crippen LogP) is 2.51. The second-order valence-corrected chi connectivity index (χ2v) is 7.01. The van der Waals surface area contributed by atoms with Gasteiger partial charge in [0, 0.05) is 37.8 Å². The number of aliphatic hydroxyl groups excluding tert-OH is 1. The third-order valence-electron chi connectivity index (χ3n) is 4.57. The number of anilines is 2. The van der Waals surface area contributed by atoms with Gasteiger partial charge in [0.05, 0.1) is 18.0 Å². The number of rotatable bonds is 5. The maximum absolute atomic E-state index is 13.3. The lowest BCUT2D eigenvalue weighted by atomic mass is 10.2. The second kappa shape index (κ2) is 9.07. The van der Waals surface area contributed by atoms with E-state index >= 15 is 0 Å². The summed E-state index contributed by atoms with van der Waals surface area (Å²) in [5, 5.41) is 12.1. The van der Waals surface area contributed by atoms with Gasteiger partial charge in [0.1, 0.15) is 17.5 Å². The number of pyridine rings is 1. The molecule has 8 heteroatoms. The van der Waals surface area contributed by atoms with Crippen LogP contribution in [0.3, 0.4) is 0 Å². The van der Waals surface area contributed by atoms with Crippen molar-refractivity contribution in [2.75, 3.05) is 42.9 Å². The highest BCUT2D eigenvalue weighted by atomic mass is 19.1. The minimum Gasteiger partial charge on any atom is -0.392 e. The van der Waals surface area contributed by atoms with Crippen molar-refractivity contribution in [3.8, 4) is 0 Å². The molecule has 0 spiro atoms. The smallest absolute Gasteiger partial charge is 0.255 e. The SMILES string of the molecule is C[C@@H](O)CN1CCCN(c2ccc(NC(=O)c3cc(F)cc(F)c3)cn2)CC1. The third-order valence-corrected chi connectivity index (χ3v) is 4.57. The molecule has 1 amide bonds. The van der Waals surface area contributed by atoms with Gasteiger partial charge in [-0.15, -0.1) is 0 Å². The predicted molar refractivity (Wildman–Crippen MR) is 103 cm³/mol. The highest BCUT2D eigenvalue weighted by Gasteiger charge is 2.17. The topological polar surface area (TPSA) is 68.7 Å². The van der Waals surface area contributed by atoms with Gasteiger partial charge >= 0.3 is 0 Å². The number of aliphatic hydroxyl groups is 1. The molecule has 1 saturated heterocycles. The van der Waals surface area contributed by atoms with Crippen LogP contribution >= 0.6 is 0 Å².